The van der Waals surface area contributed by atoms with Crippen LogP contribution in [0.5, 0.6) is 5.75 Å². The number of halogens is 1. The van der Waals surface area contributed by atoms with E-state index in [1.54, 1.807) is 7.11 Å². The van der Waals surface area contributed by atoms with Crippen LogP contribution in [0.2, 0.25) is 0 Å². The van der Waals surface area contributed by atoms with E-state index in [4.69, 9.17) is 4.74 Å². The number of hydrogen-bond acceptors (Lipinski definition) is 4. The molecule has 1 saturated heterocycles. The first-order valence-corrected chi connectivity index (χ1v) is 12.1. The summed E-state index contributed by atoms with van der Waals surface area (Å²) in [7, 11) is -1.90. The SMILES string of the molecule is CC[C@@H](NC(=O)C1CCN(S(=O)(=O)Cc2ccc(F)cc2)CC1)c1ccc(OC)cc1. The van der Waals surface area contributed by atoms with Gasteiger partial charge in [-0.2, -0.15) is 0 Å². The van der Waals surface area contributed by atoms with Crippen molar-refractivity contribution < 1.29 is 22.3 Å². The molecule has 0 saturated carbocycles. The van der Waals surface area contributed by atoms with Crippen molar-refractivity contribution in [2.75, 3.05) is 20.2 Å². The smallest absolute Gasteiger partial charge is 0.223 e. The number of nitrogens with one attached hydrogen (secondary N) is 1. The van der Waals surface area contributed by atoms with Crippen LogP contribution in [0.1, 0.15) is 43.4 Å². The molecule has 0 unspecified atom stereocenters. The van der Waals surface area contributed by atoms with Gasteiger partial charge in [0.15, 0.2) is 0 Å². The van der Waals surface area contributed by atoms with Crippen molar-refractivity contribution in [3.63, 3.8) is 0 Å². The van der Waals surface area contributed by atoms with Crippen LogP contribution >= 0.6 is 0 Å². The van der Waals surface area contributed by atoms with Gasteiger partial charge in [0.1, 0.15) is 11.6 Å². The topological polar surface area (TPSA) is 75.7 Å². The highest BCUT2D eigenvalue weighted by Crippen LogP contribution is 2.25. The van der Waals surface area contributed by atoms with Crippen molar-refractivity contribution in [1.82, 2.24) is 9.62 Å². The van der Waals surface area contributed by atoms with Crippen molar-refractivity contribution in [3.8, 4) is 5.75 Å². The fourth-order valence-corrected chi connectivity index (χ4v) is 5.39. The lowest BCUT2D eigenvalue weighted by Crippen LogP contribution is -2.44. The van der Waals surface area contributed by atoms with Gasteiger partial charge in [-0.25, -0.2) is 17.1 Å². The van der Waals surface area contributed by atoms with Gasteiger partial charge in [0.25, 0.3) is 0 Å². The number of ether oxygens (including phenoxy) is 1. The fourth-order valence-electron chi connectivity index (χ4n) is 3.83. The van der Waals surface area contributed by atoms with E-state index < -0.39 is 15.8 Å². The van der Waals surface area contributed by atoms with E-state index in [0.717, 1.165) is 17.7 Å². The second kappa shape index (κ2) is 10.2. The summed E-state index contributed by atoms with van der Waals surface area (Å²) >= 11 is 0. The number of hydrogen-bond donors (Lipinski definition) is 1. The minimum Gasteiger partial charge on any atom is -0.497 e. The number of methoxy groups -OCH3 is 1. The summed E-state index contributed by atoms with van der Waals surface area (Å²) in [6, 6.07) is 13.0. The number of piperidine rings is 1. The summed E-state index contributed by atoms with van der Waals surface area (Å²) in [4.78, 5) is 12.8. The maximum Gasteiger partial charge on any atom is 0.223 e. The summed E-state index contributed by atoms with van der Waals surface area (Å²) in [5, 5.41) is 3.11. The van der Waals surface area contributed by atoms with Gasteiger partial charge in [-0.3, -0.25) is 4.79 Å². The predicted octanol–water partition coefficient (Wildman–Crippen LogP) is 3.64. The lowest BCUT2D eigenvalue weighted by molar-refractivity contribution is -0.126. The Kier molecular flexibility index (Phi) is 7.67. The zero-order chi connectivity index (χ0) is 22.4. The summed E-state index contributed by atoms with van der Waals surface area (Å²) < 4.78 is 45.1. The molecule has 0 aliphatic carbocycles. The highest BCUT2D eigenvalue weighted by atomic mass is 32.2. The molecule has 1 aliphatic rings. The first-order chi connectivity index (χ1) is 14.8. The average molecular weight is 449 g/mol. The minimum atomic E-state index is -3.51. The molecular weight excluding hydrogens is 419 g/mol. The highest BCUT2D eigenvalue weighted by Gasteiger charge is 2.31. The second-order valence-electron chi connectivity index (χ2n) is 7.80. The van der Waals surface area contributed by atoms with Crippen LogP contribution in [0.3, 0.4) is 0 Å². The fraction of sp³-hybridized carbons (Fsp3) is 0.435. The Morgan fingerprint density at radius 3 is 2.29 bits per heavy atom. The third-order valence-electron chi connectivity index (χ3n) is 5.72. The van der Waals surface area contributed by atoms with Crippen molar-refractivity contribution in [2.24, 2.45) is 5.92 Å². The van der Waals surface area contributed by atoms with Crippen LogP contribution in [0.4, 0.5) is 4.39 Å². The van der Waals surface area contributed by atoms with Gasteiger partial charge in [0.05, 0.1) is 18.9 Å². The first kappa shape index (κ1) is 23.2. The maximum atomic E-state index is 13.0. The van der Waals surface area contributed by atoms with Crippen molar-refractivity contribution in [2.45, 2.75) is 38.0 Å². The standard InChI is InChI=1S/C23H29FN2O4S/c1-3-22(18-6-10-21(30-2)11-7-18)25-23(27)19-12-14-26(15-13-19)31(28,29)16-17-4-8-20(24)9-5-17/h4-11,19,22H,3,12-16H2,1-2H3,(H,25,27)/t22-/m1/s1. The molecule has 3 rings (SSSR count). The van der Waals surface area contributed by atoms with Gasteiger partial charge >= 0.3 is 0 Å². The van der Waals surface area contributed by atoms with Crippen molar-refractivity contribution >= 4 is 15.9 Å². The third-order valence-corrected chi connectivity index (χ3v) is 7.57. The van der Waals surface area contributed by atoms with Gasteiger partial charge < -0.3 is 10.1 Å². The molecule has 1 atom stereocenters. The van der Waals surface area contributed by atoms with Crippen LogP contribution in [-0.2, 0) is 20.6 Å². The highest BCUT2D eigenvalue weighted by molar-refractivity contribution is 7.88. The van der Waals surface area contributed by atoms with Gasteiger partial charge in [-0.15, -0.1) is 0 Å². The number of sulfonamides is 1. The number of benzene rings is 2. The predicted molar refractivity (Wildman–Crippen MR) is 117 cm³/mol. The Morgan fingerprint density at radius 1 is 1.13 bits per heavy atom. The quantitative estimate of drug-likeness (QED) is 0.669. The molecule has 1 heterocycles. The Labute approximate surface area is 183 Å². The second-order valence-corrected chi connectivity index (χ2v) is 9.77. The van der Waals surface area contributed by atoms with E-state index in [1.165, 1.54) is 28.6 Å². The van der Waals surface area contributed by atoms with Gasteiger partial charge in [-0.1, -0.05) is 31.2 Å². The molecule has 1 amide bonds. The zero-order valence-corrected chi connectivity index (χ0v) is 18.7. The molecule has 31 heavy (non-hydrogen) atoms. The molecule has 168 valence electrons. The van der Waals surface area contributed by atoms with E-state index in [9.17, 15) is 17.6 Å². The van der Waals surface area contributed by atoms with Crippen molar-refractivity contribution in [3.05, 3.63) is 65.5 Å². The van der Waals surface area contributed by atoms with E-state index in [0.29, 0.717) is 31.5 Å². The van der Waals surface area contributed by atoms with Gasteiger partial charge in [0.2, 0.25) is 15.9 Å². The van der Waals surface area contributed by atoms with Crippen molar-refractivity contribution in [1.29, 1.82) is 0 Å². The Hall–Kier alpha value is -2.45. The van der Waals surface area contributed by atoms with E-state index in [-0.39, 0.29) is 23.6 Å². The number of carbonyl (C=O) groups is 1. The summed E-state index contributed by atoms with van der Waals surface area (Å²) in [5.41, 5.74) is 1.56. The van der Waals surface area contributed by atoms with Gasteiger partial charge in [0, 0.05) is 19.0 Å². The largest absolute Gasteiger partial charge is 0.497 e. The van der Waals surface area contributed by atoms with E-state index in [2.05, 4.69) is 5.32 Å². The average Bonchev–Trinajstić information content (AvgIpc) is 2.79. The minimum absolute atomic E-state index is 0.0433. The maximum absolute atomic E-state index is 13.0. The molecule has 2 aromatic carbocycles. The molecule has 1 aliphatic heterocycles. The third kappa shape index (κ3) is 6.04. The first-order valence-electron chi connectivity index (χ1n) is 10.5. The number of nitrogens with zero attached hydrogens (tertiary/aromatic N) is 1. The zero-order valence-electron chi connectivity index (χ0n) is 17.9. The van der Waals surface area contributed by atoms with Crippen LogP contribution in [0.25, 0.3) is 0 Å². The van der Waals surface area contributed by atoms with E-state index >= 15 is 0 Å². The molecule has 0 spiro atoms. The molecule has 8 heteroatoms. The summed E-state index contributed by atoms with van der Waals surface area (Å²) in [6.07, 6.45) is 1.71. The normalized spacial score (nSPS) is 16.6. The lowest BCUT2D eigenvalue weighted by Gasteiger charge is -2.31. The monoisotopic (exact) mass is 448 g/mol. The molecule has 6 nitrogen and oxygen atoms in total. The van der Waals surface area contributed by atoms with Gasteiger partial charge in [-0.05, 0) is 54.7 Å². The van der Waals surface area contributed by atoms with Crippen LogP contribution in [0.15, 0.2) is 48.5 Å². The molecule has 1 fully saturated rings. The van der Waals surface area contributed by atoms with E-state index in [1.807, 2.05) is 31.2 Å². The Balaban J connectivity index is 1.55. The molecule has 0 radical (unpaired) electrons. The number of rotatable bonds is 8. The Bertz CT molecular complexity index is 970. The number of carbonyl (C=O) groups excluding carboxylic acids is 1. The summed E-state index contributed by atoms with van der Waals surface area (Å²) in [5.74, 6) is -0.0607. The number of amides is 1. The Morgan fingerprint density at radius 2 is 1.74 bits per heavy atom. The summed E-state index contributed by atoms with van der Waals surface area (Å²) in [6.45, 7) is 2.63. The lowest BCUT2D eigenvalue weighted by atomic mass is 9.95. The molecule has 1 N–H and O–H groups in total. The van der Waals surface area contributed by atoms with Crippen LogP contribution in [-0.4, -0.2) is 38.8 Å². The molecule has 0 aromatic heterocycles. The van der Waals surface area contributed by atoms with Crippen LogP contribution in [0, 0.1) is 11.7 Å². The molecular formula is C23H29FN2O4S. The molecule has 0 bridgehead atoms. The molecule has 2 aromatic rings. The van der Waals surface area contributed by atoms with Crippen LogP contribution < -0.4 is 10.1 Å².